The summed E-state index contributed by atoms with van der Waals surface area (Å²) in [5.74, 6) is 0. The van der Waals surface area contributed by atoms with Crippen molar-refractivity contribution >= 4 is 33.1 Å². The Hall–Kier alpha value is -1.53. The number of hydrogen-bond donors (Lipinski definition) is 1. The van der Waals surface area contributed by atoms with Crippen LogP contribution < -0.4 is 11.3 Å². The van der Waals surface area contributed by atoms with Crippen LogP contribution in [0.3, 0.4) is 0 Å². The maximum absolute atomic E-state index is 12.0. The molecule has 4 nitrogen and oxygen atoms in total. The minimum atomic E-state index is -0.199. The number of aromatic nitrogens is 2. The molecule has 0 atom stereocenters. The van der Waals surface area contributed by atoms with Gasteiger partial charge in [0.05, 0.1) is 17.8 Å². The van der Waals surface area contributed by atoms with Crippen molar-refractivity contribution in [3.8, 4) is 0 Å². The second-order valence-corrected chi connectivity index (χ2v) is 5.04. The summed E-state index contributed by atoms with van der Waals surface area (Å²) in [6.45, 7) is 0.391. The van der Waals surface area contributed by atoms with Gasteiger partial charge in [0.25, 0.3) is 5.56 Å². The van der Waals surface area contributed by atoms with Crippen LogP contribution >= 0.6 is 28.1 Å². The number of halogens is 1. The Morgan fingerprint density at radius 2 is 2.22 bits per heavy atom. The van der Waals surface area contributed by atoms with Gasteiger partial charge in [-0.3, -0.25) is 9.78 Å². The number of nitrogens with two attached hydrogens (primary N) is 1. The van der Waals surface area contributed by atoms with Gasteiger partial charge in [0.15, 0.2) is 0 Å². The van der Waals surface area contributed by atoms with Crippen LogP contribution in [-0.4, -0.2) is 14.5 Å². The van der Waals surface area contributed by atoms with E-state index in [1.54, 1.807) is 24.5 Å². The molecule has 2 aromatic heterocycles. The Morgan fingerprint density at radius 1 is 1.44 bits per heavy atom. The average molecular weight is 324 g/mol. The van der Waals surface area contributed by atoms with Crippen molar-refractivity contribution in [3.63, 3.8) is 0 Å². The summed E-state index contributed by atoms with van der Waals surface area (Å²) in [7, 11) is 0. The Labute approximate surface area is 118 Å². The van der Waals surface area contributed by atoms with Crippen molar-refractivity contribution in [1.82, 2.24) is 9.55 Å². The molecule has 0 aliphatic carbocycles. The van der Waals surface area contributed by atoms with Crippen molar-refractivity contribution in [1.29, 1.82) is 0 Å². The van der Waals surface area contributed by atoms with Gasteiger partial charge >= 0.3 is 0 Å². The fourth-order valence-corrected chi connectivity index (χ4v) is 1.91. The third-order valence-corrected chi connectivity index (χ3v) is 3.10. The van der Waals surface area contributed by atoms with E-state index >= 15 is 0 Å². The van der Waals surface area contributed by atoms with Crippen molar-refractivity contribution in [2.45, 2.75) is 6.54 Å². The lowest BCUT2D eigenvalue weighted by atomic mass is 10.2. The molecule has 0 amide bonds. The molecule has 0 radical (unpaired) electrons. The standard InChI is InChI=1S/C12H10BrN3OS/c13-8-3-4-9(15-6-8)7-16-5-1-2-10(11(14)18)12(16)17/h1-6H,7H2,(H2,14,18). The third kappa shape index (κ3) is 2.83. The predicted molar refractivity (Wildman–Crippen MR) is 77.6 cm³/mol. The first-order valence-corrected chi connectivity index (χ1v) is 6.38. The van der Waals surface area contributed by atoms with Gasteiger partial charge in [0.2, 0.25) is 0 Å². The zero-order valence-corrected chi connectivity index (χ0v) is 11.7. The highest BCUT2D eigenvalue weighted by Gasteiger charge is 2.06. The highest BCUT2D eigenvalue weighted by molar-refractivity contribution is 9.10. The SMILES string of the molecule is NC(=S)c1cccn(Cc2ccc(Br)cn2)c1=O. The molecule has 0 fully saturated rings. The smallest absolute Gasteiger partial charge is 0.261 e. The summed E-state index contributed by atoms with van der Waals surface area (Å²) in [6, 6.07) is 7.10. The van der Waals surface area contributed by atoms with Gasteiger partial charge in [-0.2, -0.15) is 0 Å². The molecule has 2 N–H and O–H groups in total. The first-order chi connectivity index (χ1) is 8.58. The van der Waals surface area contributed by atoms with Gasteiger partial charge in [-0.1, -0.05) is 12.2 Å². The molecule has 92 valence electrons. The molecule has 0 saturated heterocycles. The molecule has 6 heteroatoms. The number of thiocarbonyl (C=S) groups is 1. The molecule has 0 aliphatic rings. The van der Waals surface area contributed by atoms with E-state index in [9.17, 15) is 4.79 Å². The minimum Gasteiger partial charge on any atom is -0.389 e. The minimum absolute atomic E-state index is 0.109. The molecule has 18 heavy (non-hydrogen) atoms. The highest BCUT2D eigenvalue weighted by Crippen LogP contribution is 2.08. The summed E-state index contributed by atoms with van der Waals surface area (Å²) < 4.78 is 2.43. The lowest BCUT2D eigenvalue weighted by molar-refractivity contribution is 0.737. The van der Waals surface area contributed by atoms with Gasteiger partial charge in [-0.25, -0.2) is 0 Å². The third-order valence-electron chi connectivity index (χ3n) is 2.41. The summed E-state index contributed by atoms with van der Waals surface area (Å²) in [6.07, 6.45) is 3.38. The fourth-order valence-electron chi connectivity index (χ4n) is 1.52. The number of hydrogen-bond acceptors (Lipinski definition) is 3. The molecule has 0 bridgehead atoms. The van der Waals surface area contributed by atoms with Crippen LogP contribution in [0.5, 0.6) is 0 Å². The monoisotopic (exact) mass is 323 g/mol. The summed E-state index contributed by atoms with van der Waals surface area (Å²) in [5, 5.41) is 0. The first kappa shape index (κ1) is 12.9. The fraction of sp³-hybridized carbons (Fsp3) is 0.0833. The van der Waals surface area contributed by atoms with E-state index in [1.165, 1.54) is 4.57 Å². The Bertz CT molecular complexity index is 637. The largest absolute Gasteiger partial charge is 0.389 e. The van der Waals surface area contributed by atoms with Crippen molar-refractivity contribution in [2.24, 2.45) is 5.73 Å². The summed E-state index contributed by atoms with van der Waals surface area (Å²) in [4.78, 5) is 16.4. The van der Waals surface area contributed by atoms with Crippen LogP contribution in [0.15, 0.2) is 45.9 Å². The molecule has 2 rings (SSSR count). The van der Waals surface area contributed by atoms with Gasteiger partial charge < -0.3 is 10.3 Å². The van der Waals surface area contributed by atoms with Crippen LogP contribution in [0, 0.1) is 0 Å². The van der Waals surface area contributed by atoms with E-state index in [0.717, 1.165) is 10.2 Å². The van der Waals surface area contributed by atoms with E-state index < -0.39 is 0 Å². The maximum atomic E-state index is 12.0. The maximum Gasteiger partial charge on any atom is 0.261 e. The molecule has 2 heterocycles. The second-order valence-electron chi connectivity index (χ2n) is 3.69. The Kier molecular flexibility index (Phi) is 3.88. The van der Waals surface area contributed by atoms with Crippen LogP contribution in [-0.2, 0) is 6.54 Å². The molecule has 2 aromatic rings. The highest BCUT2D eigenvalue weighted by atomic mass is 79.9. The van der Waals surface area contributed by atoms with E-state index in [4.69, 9.17) is 18.0 Å². The molecule has 0 unspecified atom stereocenters. The van der Waals surface area contributed by atoms with Crippen molar-refractivity contribution < 1.29 is 0 Å². The van der Waals surface area contributed by atoms with Gasteiger partial charge in [0.1, 0.15) is 4.99 Å². The van der Waals surface area contributed by atoms with Crippen LogP contribution in [0.2, 0.25) is 0 Å². The Morgan fingerprint density at radius 3 is 2.83 bits per heavy atom. The molecule has 0 aliphatic heterocycles. The summed E-state index contributed by atoms with van der Waals surface area (Å²) >= 11 is 8.14. The lowest BCUT2D eigenvalue weighted by Gasteiger charge is -2.07. The van der Waals surface area contributed by atoms with Crippen molar-refractivity contribution in [2.75, 3.05) is 0 Å². The second kappa shape index (κ2) is 5.41. The topological polar surface area (TPSA) is 60.9 Å². The first-order valence-electron chi connectivity index (χ1n) is 5.17. The van der Waals surface area contributed by atoms with E-state index in [2.05, 4.69) is 20.9 Å². The number of nitrogens with zero attached hydrogens (tertiary/aromatic N) is 2. The van der Waals surface area contributed by atoms with Gasteiger partial charge in [-0.15, -0.1) is 0 Å². The van der Waals surface area contributed by atoms with Crippen LogP contribution in [0.4, 0.5) is 0 Å². The normalized spacial score (nSPS) is 10.3. The molecule has 0 spiro atoms. The summed E-state index contributed by atoms with van der Waals surface area (Å²) in [5.41, 5.74) is 6.44. The average Bonchev–Trinajstić information content (AvgIpc) is 2.34. The number of pyridine rings is 2. The zero-order chi connectivity index (χ0) is 13.1. The van der Waals surface area contributed by atoms with Crippen molar-refractivity contribution in [3.05, 3.63) is 62.7 Å². The zero-order valence-electron chi connectivity index (χ0n) is 9.34. The predicted octanol–water partition coefficient (Wildman–Crippen LogP) is 1.69. The van der Waals surface area contributed by atoms with Gasteiger partial charge in [-0.05, 0) is 40.2 Å². The lowest BCUT2D eigenvalue weighted by Crippen LogP contribution is -2.28. The van der Waals surface area contributed by atoms with E-state index in [0.29, 0.717) is 12.1 Å². The molecule has 0 aromatic carbocycles. The van der Waals surface area contributed by atoms with Crippen LogP contribution in [0.25, 0.3) is 0 Å². The van der Waals surface area contributed by atoms with E-state index in [-0.39, 0.29) is 10.5 Å². The molecular weight excluding hydrogens is 314 g/mol. The van der Waals surface area contributed by atoms with Gasteiger partial charge in [0, 0.05) is 16.9 Å². The van der Waals surface area contributed by atoms with Crippen LogP contribution in [0.1, 0.15) is 11.3 Å². The Balaban J connectivity index is 2.35. The molecular formula is C12H10BrN3OS. The molecule has 0 saturated carbocycles. The quantitative estimate of drug-likeness (QED) is 0.873. The van der Waals surface area contributed by atoms with E-state index in [1.807, 2.05) is 12.1 Å². The number of rotatable bonds is 3.